The molecule has 0 saturated heterocycles. The fourth-order valence-corrected chi connectivity index (χ4v) is 2.09. The summed E-state index contributed by atoms with van der Waals surface area (Å²) in [5, 5.41) is 13.7. The zero-order chi connectivity index (χ0) is 13.9. The molecule has 0 saturated carbocycles. The largest absolute Gasteiger partial charge is 0.397 e. The van der Waals surface area contributed by atoms with Crippen LogP contribution in [-0.2, 0) is 10.0 Å². The molecule has 7 heteroatoms. The van der Waals surface area contributed by atoms with Crippen molar-refractivity contribution in [1.29, 1.82) is 5.26 Å². The first kappa shape index (κ1) is 14.3. The van der Waals surface area contributed by atoms with Crippen LogP contribution in [0, 0.1) is 11.3 Å². The zero-order valence-electron chi connectivity index (χ0n) is 10.3. The maximum atomic E-state index is 11.2. The Bertz CT molecular complexity index is 577. The predicted molar refractivity (Wildman–Crippen MR) is 70.3 cm³/mol. The number of hydrogen-bond donors (Lipinski definition) is 2. The highest BCUT2D eigenvalue weighted by molar-refractivity contribution is 7.89. The maximum Gasteiger partial charge on any atom is 0.238 e. The second kappa shape index (κ2) is 5.25. The highest BCUT2D eigenvalue weighted by Gasteiger charge is 2.15. The molecule has 0 radical (unpaired) electrons. The summed E-state index contributed by atoms with van der Waals surface area (Å²) in [4.78, 5) is 1.80. The van der Waals surface area contributed by atoms with Crippen LogP contribution in [0.15, 0.2) is 23.1 Å². The van der Waals surface area contributed by atoms with Gasteiger partial charge < -0.3 is 10.6 Å². The molecule has 6 nitrogen and oxygen atoms in total. The second-order valence-corrected chi connectivity index (χ2v) is 5.65. The number of benzene rings is 1. The fraction of sp³-hybridized carbons (Fsp3) is 0.364. The van der Waals surface area contributed by atoms with Crippen LogP contribution in [0.3, 0.4) is 0 Å². The highest BCUT2D eigenvalue weighted by Crippen LogP contribution is 2.26. The summed E-state index contributed by atoms with van der Waals surface area (Å²) in [5.74, 6) is 0. The van der Waals surface area contributed by atoms with Gasteiger partial charge in [-0.15, -0.1) is 0 Å². The van der Waals surface area contributed by atoms with Crippen molar-refractivity contribution in [3.8, 4) is 6.07 Å². The Kier molecular flexibility index (Phi) is 4.16. The number of nitriles is 1. The monoisotopic (exact) mass is 268 g/mol. The Labute approximate surface area is 107 Å². The normalized spacial score (nSPS) is 12.8. The average Bonchev–Trinajstić information content (AvgIpc) is 2.27. The molecule has 1 atom stereocenters. The minimum Gasteiger partial charge on any atom is -0.397 e. The van der Waals surface area contributed by atoms with Crippen LogP contribution in [-0.4, -0.2) is 21.5 Å². The van der Waals surface area contributed by atoms with Crippen LogP contribution in [0.4, 0.5) is 11.4 Å². The molecule has 0 bridgehead atoms. The first-order valence-corrected chi connectivity index (χ1v) is 6.84. The van der Waals surface area contributed by atoms with Gasteiger partial charge >= 0.3 is 0 Å². The molecule has 0 heterocycles. The number of anilines is 2. The number of rotatable bonds is 4. The van der Waals surface area contributed by atoms with Gasteiger partial charge in [-0.05, 0) is 25.1 Å². The first-order valence-electron chi connectivity index (χ1n) is 5.29. The third-order valence-corrected chi connectivity index (χ3v) is 3.67. The minimum atomic E-state index is -3.75. The van der Waals surface area contributed by atoms with E-state index in [2.05, 4.69) is 6.07 Å². The molecule has 1 aromatic carbocycles. The molecule has 0 aromatic heterocycles. The van der Waals surface area contributed by atoms with E-state index in [0.29, 0.717) is 17.8 Å². The van der Waals surface area contributed by atoms with Gasteiger partial charge in [0.2, 0.25) is 10.0 Å². The molecule has 0 aliphatic heterocycles. The molecule has 1 unspecified atom stereocenters. The van der Waals surface area contributed by atoms with E-state index in [-0.39, 0.29) is 10.9 Å². The van der Waals surface area contributed by atoms with Crippen molar-refractivity contribution in [3.63, 3.8) is 0 Å². The van der Waals surface area contributed by atoms with Crippen molar-refractivity contribution >= 4 is 21.4 Å². The molecule has 18 heavy (non-hydrogen) atoms. The van der Waals surface area contributed by atoms with Crippen molar-refractivity contribution in [3.05, 3.63) is 18.2 Å². The third-order valence-electron chi connectivity index (χ3n) is 2.76. The van der Waals surface area contributed by atoms with Gasteiger partial charge in [-0.3, -0.25) is 0 Å². The van der Waals surface area contributed by atoms with Gasteiger partial charge in [0, 0.05) is 13.1 Å². The van der Waals surface area contributed by atoms with E-state index in [0.717, 1.165) is 0 Å². The lowest BCUT2D eigenvalue weighted by molar-refractivity contribution is 0.598. The van der Waals surface area contributed by atoms with Gasteiger partial charge in [0.05, 0.1) is 28.8 Å². The average molecular weight is 268 g/mol. The van der Waals surface area contributed by atoms with E-state index >= 15 is 0 Å². The molecular weight excluding hydrogens is 252 g/mol. The standard InChI is InChI=1S/C11H16N4O2S/c1-8(5-6-12)15(2)11-4-3-9(7-10(11)13)18(14,16)17/h3-4,7-8H,5,13H2,1-2H3,(H2,14,16,17). The third kappa shape index (κ3) is 3.12. The van der Waals surface area contributed by atoms with E-state index in [1.165, 1.54) is 12.1 Å². The summed E-state index contributed by atoms with van der Waals surface area (Å²) >= 11 is 0. The number of primary sulfonamides is 1. The van der Waals surface area contributed by atoms with E-state index in [9.17, 15) is 8.42 Å². The van der Waals surface area contributed by atoms with Gasteiger partial charge in [-0.2, -0.15) is 5.26 Å². The quantitative estimate of drug-likeness (QED) is 0.778. The summed E-state index contributed by atoms with van der Waals surface area (Å²) < 4.78 is 22.3. The minimum absolute atomic E-state index is 0.0161. The van der Waals surface area contributed by atoms with Crippen LogP contribution in [0.5, 0.6) is 0 Å². The fourth-order valence-electron chi connectivity index (χ4n) is 1.54. The van der Waals surface area contributed by atoms with Gasteiger partial charge in [0.1, 0.15) is 0 Å². The Morgan fingerprint density at radius 2 is 2.11 bits per heavy atom. The zero-order valence-corrected chi connectivity index (χ0v) is 11.1. The summed E-state index contributed by atoms with van der Waals surface area (Å²) in [5.41, 5.74) is 6.79. The molecule has 98 valence electrons. The van der Waals surface area contributed by atoms with Crippen LogP contribution in [0.2, 0.25) is 0 Å². The summed E-state index contributed by atoms with van der Waals surface area (Å²) in [6, 6.07) is 6.36. The van der Waals surface area contributed by atoms with Crippen molar-refractivity contribution in [2.45, 2.75) is 24.3 Å². The van der Waals surface area contributed by atoms with Crippen molar-refractivity contribution in [2.75, 3.05) is 17.7 Å². The molecule has 0 aliphatic carbocycles. The molecule has 0 fully saturated rings. The van der Waals surface area contributed by atoms with Crippen LogP contribution >= 0.6 is 0 Å². The summed E-state index contributed by atoms with van der Waals surface area (Å²) in [6.45, 7) is 1.89. The van der Waals surface area contributed by atoms with Crippen molar-refractivity contribution in [1.82, 2.24) is 0 Å². The summed E-state index contributed by atoms with van der Waals surface area (Å²) in [7, 11) is -1.95. The number of nitrogen functional groups attached to an aromatic ring is 1. The Morgan fingerprint density at radius 3 is 2.56 bits per heavy atom. The van der Waals surface area contributed by atoms with E-state index < -0.39 is 10.0 Å². The Balaban J connectivity index is 3.11. The molecule has 1 rings (SSSR count). The number of nitrogens with zero attached hydrogens (tertiary/aromatic N) is 2. The van der Waals surface area contributed by atoms with E-state index in [1.54, 1.807) is 13.1 Å². The number of sulfonamides is 1. The van der Waals surface area contributed by atoms with Gasteiger partial charge in [-0.25, -0.2) is 13.6 Å². The Hall–Kier alpha value is -1.78. The van der Waals surface area contributed by atoms with Gasteiger partial charge in [0.15, 0.2) is 0 Å². The van der Waals surface area contributed by atoms with Crippen LogP contribution in [0.25, 0.3) is 0 Å². The lowest BCUT2D eigenvalue weighted by atomic mass is 10.2. The first-order chi connectivity index (χ1) is 8.27. The van der Waals surface area contributed by atoms with E-state index in [1.807, 2.05) is 11.8 Å². The molecule has 4 N–H and O–H groups in total. The molecule has 0 amide bonds. The second-order valence-electron chi connectivity index (χ2n) is 4.09. The van der Waals surface area contributed by atoms with E-state index in [4.69, 9.17) is 16.1 Å². The van der Waals surface area contributed by atoms with Crippen molar-refractivity contribution in [2.24, 2.45) is 5.14 Å². The molecule has 1 aromatic rings. The smallest absolute Gasteiger partial charge is 0.238 e. The molecule has 0 aliphatic rings. The topological polar surface area (TPSA) is 113 Å². The van der Waals surface area contributed by atoms with Gasteiger partial charge in [-0.1, -0.05) is 0 Å². The summed E-state index contributed by atoms with van der Waals surface area (Å²) in [6.07, 6.45) is 0.354. The molecular formula is C11H16N4O2S. The van der Waals surface area contributed by atoms with Crippen molar-refractivity contribution < 1.29 is 8.42 Å². The Morgan fingerprint density at radius 1 is 1.50 bits per heavy atom. The lowest BCUT2D eigenvalue weighted by Crippen LogP contribution is -2.29. The van der Waals surface area contributed by atoms with Crippen LogP contribution in [0.1, 0.15) is 13.3 Å². The predicted octanol–water partition coefficient (Wildman–Crippen LogP) is 0.655. The molecule has 0 spiro atoms. The highest BCUT2D eigenvalue weighted by atomic mass is 32.2. The SMILES string of the molecule is CC(CC#N)N(C)c1ccc(S(N)(=O)=O)cc1N. The number of nitrogens with two attached hydrogens (primary N) is 2. The maximum absolute atomic E-state index is 11.2. The van der Waals surface area contributed by atoms with Crippen LogP contribution < -0.4 is 15.8 Å². The van der Waals surface area contributed by atoms with Gasteiger partial charge in [0.25, 0.3) is 0 Å². The lowest BCUT2D eigenvalue weighted by Gasteiger charge is -2.26. The number of hydrogen-bond acceptors (Lipinski definition) is 5.